The maximum atomic E-state index is 12.4. The van der Waals surface area contributed by atoms with Crippen LogP contribution in [0, 0.1) is 0 Å². The molecule has 0 heterocycles. The van der Waals surface area contributed by atoms with Crippen molar-refractivity contribution in [1.82, 2.24) is 5.32 Å². The molecule has 1 N–H and O–H groups in total. The minimum absolute atomic E-state index is 0.0462. The molecular formula is C14H18ClNO3S. The zero-order chi connectivity index (χ0) is 15.0. The molecule has 110 valence electrons. The third kappa shape index (κ3) is 3.52. The molecule has 1 unspecified atom stereocenters. The highest BCUT2D eigenvalue weighted by atomic mass is 35.5. The Hall–Kier alpha value is -1.07. The van der Waals surface area contributed by atoms with E-state index in [1.807, 2.05) is 12.1 Å². The van der Waals surface area contributed by atoms with Gasteiger partial charge in [0.05, 0.1) is 11.2 Å². The van der Waals surface area contributed by atoms with Gasteiger partial charge in [-0.05, 0) is 37.5 Å². The normalized spacial score (nSPS) is 18.4. The summed E-state index contributed by atoms with van der Waals surface area (Å²) in [4.78, 5) is 12.4. The molecule has 1 saturated carbocycles. The highest BCUT2D eigenvalue weighted by Crippen LogP contribution is 2.48. The molecule has 1 fully saturated rings. The third-order valence-electron chi connectivity index (χ3n) is 3.51. The molecule has 0 aliphatic heterocycles. The third-order valence-corrected chi connectivity index (χ3v) is 4.87. The number of rotatable bonds is 5. The van der Waals surface area contributed by atoms with Gasteiger partial charge in [0.25, 0.3) is 0 Å². The largest absolute Gasteiger partial charge is 0.352 e. The van der Waals surface area contributed by atoms with Crippen molar-refractivity contribution in [2.45, 2.75) is 31.2 Å². The van der Waals surface area contributed by atoms with Crippen LogP contribution in [0.2, 0.25) is 5.02 Å². The molecule has 0 radical (unpaired) electrons. The molecule has 0 bridgehead atoms. The van der Waals surface area contributed by atoms with Crippen molar-refractivity contribution in [2.24, 2.45) is 0 Å². The first-order chi connectivity index (χ1) is 9.23. The summed E-state index contributed by atoms with van der Waals surface area (Å²) >= 11 is 5.85. The van der Waals surface area contributed by atoms with E-state index in [0.717, 1.165) is 18.4 Å². The fourth-order valence-electron chi connectivity index (χ4n) is 2.40. The number of hydrogen-bond donors (Lipinski definition) is 1. The van der Waals surface area contributed by atoms with E-state index >= 15 is 0 Å². The number of hydrogen-bond acceptors (Lipinski definition) is 3. The molecule has 2 rings (SSSR count). The Morgan fingerprint density at radius 3 is 2.35 bits per heavy atom. The van der Waals surface area contributed by atoms with Crippen LogP contribution in [-0.4, -0.2) is 32.4 Å². The molecular weight excluding hydrogens is 298 g/mol. The van der Waals surface area contributed by atoms with Gasteiger partial charge < -0.3 is 5.32 Å². The summed E-state index contributed by atoms with van der Waals surface area (Å²) in [5.41, 5.74) is 0.432. The number of carbonyl (C=O) groups excluding carboxylic acids is 1. The lowest BCUT2D eigenvalue weighted by molar-refractivity contribution is -0.124. The summed E-state index contributed by atoms with van der Waals surface area (Å²) in [6.07, 6.45) is 2.74. The molecule has 1 amide bonds. The summed E-state index contributed by atoms with van der Waals surface area (Å²) in [6, 6.07) is 6.86. The number of halogens is 1. The number of benzene rings is 1. The lowest BCUT2D eigenvalue weighted by Gasteiger charge is -2.19. The number of nitrogens with one attached hydrogen (secondary N) is 1. The Balaban J connectivity index is 2.07. The standard InChI is InChI=1S/C14H18ClNO3S/c1-10(9-20(2,18)19)16-13(17)14(7-8-14)11-3-5-12(15)6-4-11/h3-6,10H,7-9H2,1-2H3,(H,16,17). The summed E-state index contributed by atoms with van der Waals surface area (Å²) in [5.74, 6) is -0.147. The van der Waals surface area contributed by atoms with Gasteiger partial charge in [-0.3, -0.25) is 4.79 Å². The van der Waals surface area contributed by atoms with Gasteiger partial charge in [-0.1, -0.05) is 23.7 Å². The maximum absolute atomic E-state index is 12.4. The maximum Gasteiger partial charge on any atom is 0.230 e. The van der Waals surface area contributed by atoms with Gasteiger partial charge in [-0.25, -0.2) is 8.42 Å². The molecule has 1 atom stereocenters. The highest BCUT2D eigenvalue weighted by molar-refractivity contribution is 7.90. The van der Waals surface area contributed by atoms with E-state index in [1.54, 1.807) is 19.1 Å². The second kappa shape index (κ2) is 5.37. The summed E-state index contributed by atoms with van der Waals surface area (Å²) in [5, 5.41) is 3.44. The zero-order valence-electron chi connectivity index (χ0n) is 11.5. The Morgan fingerprint density at radius 2 is 1.90 bits per heavy atom. The van der Waals surface area contributed by atoms with Crippen LogP contribution < -0.4 is 5.32 Å². The first-order valence-corrected chi connectivity index (χ1v) is 8.91. The predicted octanol–water partition coefficient (Wildman–Crippen LogP) is 1.92. The lowest BCUT2D eigenvalue weighted by Crippen LogP contribution is -2.43. The Labute approximate surface area is 124 Å². The fourth-order valence-corrected chi connectivity index (χ4v) is 3.52. The van der Waals surface area contributed by atoms with E-state index in [4.69, 9.17) is 11.6 Å². The van der Waals surface area contributed by atoms with Gasteiger partial charge in [0.2, 0.25) is 5.91 Å². The van der Waals surface area contributed by atoms with E-state index in [2.05, 4.69) is 5.32 Å². The zero-order valence-corrected chi connectivity index (χ0v) is 13.1. The summed E-state index contributed by atoms with van der Waals surface area (Å²) in [6.45, 7) is 1.71. The lowest BCUT2D eigenvalue weighted by atomic mass is 9.95. The van der Waals surface area contributed by atoms with Gasteiger partial charge in [0, 0.05) is 17.3 Å². The molecule has 0 spiro atoms. The van der Waals surface area contributed by atoms with Gasteiger partial charge >= 0.3 is 0 Å². The smallest absolute Gasteiger partial charge is 0.230 e. The van der Waals surface area contributed by atoms with Crippen molar-refractivity contribution in [3.8, 4) is 0 Å². The van der Waals surface area contributed by atoms with Crippen molar-refractivity contribution in [2.75, 3.05) is 12.0 Å². The SMILES string of the molecule is CC(CS(C)(=O)=O)NC(=O)C1(c2ccc(Cl)cc2)CC1. The molecule has 6 heteroatoms. The van der Waals surface area contributed by atoms with Crippen LogP contribution in [0.15, 0.2) is 24.3 Å². The number of carbonyl (C=O) groups is 1. The molecule has 1 aromatic rings. The second-order valence-corrected chi connectivity index (χ2v) is 8.18. The van der Waals surface area contributed by atoms with Crippen molar-refractivity contribution < 1.29 is 13.2 Å². The minimum atomic E-state index is -3.10. The molecule has 0 aromatic heterocycles. The first-order valence-electron chi connectivity index (χ1n) is 6.48. The summed E-state index contributed by atoms with van der Waals surface area (Å²) < 4.78 is 22.5. The van der Waals surface area contributed by atoms with E-state index in [9.17, 15) is 13.2 Å². The number of sulfone groups is 1. The predicted molar refractivity (Wildman–Crippen MR) is 79.7 cm³/mol. The minimum Gasteiger partial charge on any atom is -0.352 e. The molecule has 20 heavy (non-hydrogen) atoms. The Morgan fingerprint density at radius 1 is 1.35 bits per heavy atom. The molecule has 1 aromatic carbocycles. The van der Waals surface area contributed by atoms with Crippen molar-refractivity contribution in [1.29, 1.82) is 0 Å². The Kier molecular flexibility index (Phi) is 4.12. The van der Waals surface area contributed by atoms with E-state index in [0.29, 0.717) is 5.02 Å². The van der Waals surface area contributed by atoms with Crippen molar-refractivity contribution in [3.63, 3.8) is 0 Å². The van der Waals surface area contributed by atoms with Crippen molar-refractivity contribution in [3.05, 3.63) is 34.9 Å². The molecule has 0 saturated heterocycles. The van der Waals surface area contributed by atoms with Gasteiger partial charge in [0.15, 0.2) is 0 Å². The first kappa shape index (κ1) is 15.3. The average molecular weight is 316 g/mol. The van der Waals surface area contributed by atoms with Crippen LogP contribution in [0.1, 0.15) is 25.3 Å². The van der Waals surface area contributed by atoms with Gasteiger partial charge in [-0.2, -0.15) is 0 Å². The van der Waals surface area contributed by atoms with Crippen LogP contribution in [-0.2, 0) is 20.0 Å². The van der Waals surface area contributed by atoms with Gasteiger partial charge in [0.1, 0.15) is 9.84 Å². The van der Waals surface area contributed by atoms with Crippen molar-refractivity contribution >= 4 is 27.3 Å². The molecule has 1 aliphatic carbocycles. The monoisotopic (exact) mass is 315 g/mol. The Bertz CT molecular complexity index is 606. The average Bonchev–Trinajstić information content (AvgIpc) is 3.08. The van der Waals surface area contributed by atoms with Crippen LogP contribution in [0.25, 0.3) is 0 Å². The van der Waals surface area contributed by atoms with E-state index in [-0.39, 0.29) is 17.7 Å². The number of amides is 1. The van der Waals surface area contributed by atoms with Crippen LogP contribution in [0.5, 0.6) is 0 Å². The highest BCUT2D eigenvalue weighted by Gasteiger charge is 2.51. The van der Waals surface area contributed by atoms with E-state index in [1.165, 1.54) is 6.26 Å². The van der Waals surface area contributed by atoms with Crippen LogP contribution >= 0.6 is 11.6 Å². The van der Waals surface area contributed by atoms with E-state index < -0.39 is 15.3 Å². The van der Waals surface area contributed by atoms with Crippen LogP contribution in [0.3, 0.4) is 0 Å². The molecule has 1 aliphatic rings. The van der Waals surface area contributed by atoms with Crippen LogP contribution in [0.4, 0.5) is 0 Å². The molecule has 4 nitrogen and oxygen atoms in total. The topological polar surface area (TPSA) is 63.2 Å². The second-order valence-electron chi connectivity index (χ2n) is 5.56. The quantitative estimate of drug-likeness (QED) is 0.903. The van der Waals surface area contributed by atoms with Gasteiger partial charge in [-0.15, -0.1) is 0 Å². The summed E-state index contributed by atoms with van der Waals surface area (Å²) in [7, 11) is -3.10. The fraction of sp³-hybridized carbons (Fsp3) is 0.500.